The molecular formula is C11H8ClN5O4. The number of benzene rings is 1. The Bertz CT molecular complexity index is 773. The van der Waals surface area contributed by atoms with E-state index in [0.717, 1.165) is 6.07 Å². The number of hydrazone groups is 1. The first-order valence-corrected chi connectivity index (χ1v) is 5.86. The third-order valence-electron chi connectivity index (χ3n) is 2.39. The average Bonchev–Trinajstić information content (AvgIpc) is 2.45. The number of halogens is 1. The van der Waals surface area contributed by atoms with Gasteiger partial charge in [0.05, 0.1) is 17.3 Å². The van der Waals surface area contributed by atoms with Crippen LogP contribution in [0.25, 0.3) is 0 Å². The van der Waals surface area contributed by atoms with E-state index in [1.54, 1.807) is 0 Å². The Morgan fingerprint density at radius 2 is 2.29 bits per heavy atom. The maximum atomic E-state index is 11.2. The number of anilines is 1. The van der Waals surface area contributed by atoms with Gasteiger partial charge >= 0.3 is 5.69 Å². The van der Waals surface area contributed by atoms with Gasteiger partial charge in [-0.2, -0.15) is 10.2 Å². The second kappa shape index (κ2) is 6.01. The molecule has 0 aliphatic rings. The van der Waals surface area contributed by atoms with Crippen molar-refractivity contribution in [1.82, 2.24) is 10.2 Å². The summed E-state index contributed by atoms with van der Waals surface area (Å²) in [5.41, 5.74) is 2.04. The highest BCUT2D eigenvalue weighted by molar-refractivity contribution is 6.32. The Morgan fingerprint density at radius 3 is 3.00 bits per heavy atom. The van der Waals surface area contributed by atoms with Gasteiger partial charge in [0.1, 0.15) is 10.7 Å². The number of phenolic OH excluding ortho intramolecular Hbond substituents is 1. The molecule has 1 heterocycles. The fourth-order valence-electron chi connectivity index (χ4n) is 1.40. The molecule has 21 heavy (non-hydrogen) atoms. The third kappa shape index (κ3) is 3.34. The first-order chi connectivity index (χ1) is 9.99. The zero-order valence-corrected chi connectivity index (χ0v) is 11.0. The summed E-state index contributed by atoms with van der Waals surface area (Å²) in [6.45, 7) is 0. The maximum Gasteiger partial charge on any atom is 0.311 e. The predicted octanol–water partition coefficient (Wildman–Crippen LogP) is 1.48. The molecule has 10 heteroatoms. The summed E-state index contributed by atoms with van der Waals surface area (Å²) in [5, 5.41) is 29.3. The van der Waals surface area contributed by atoms with Gasteiger partial charge in [-0.15, -0.1) is 0 Å². The van der Waals surface area contributed by atoms with E-state index in [4.69, 9.17) is 11.6 Å². The minimum Gasteiger partial charge on any atom is -0.502 e. The molecule has 3 N–H and O–H groups in total. The lowest BCUT2D eigenvalue weighted by atomic mass is 10.2. The molecule has 0 fully saturated rings. The number of nitro groups is 1. The van der Waals surface area contributed by atoms with Crippen LogP contribution in [0.2, 0.25) is 5.02 Å². The molecule has 0 spiro atoms. The third-order valence-corrected chi connectivity index (χ3v) is 2.77. The summed E-state index contributed by atoms with van der Waals surface area (Å²) >= 11 is 5.72. The van der Waals surface area contributed by atoms with Gasteiger partial charge in [-0.3, -0.25) is 20.3 Å². The molecule has 0 radical (unpaired) electrons. The van der Waals surface area contributed by atoms with E-state index in [1.165, 1.54) is 24.5 Å². The quantitative estimate of drug-likeness (QED) is 0.445. The van der Waals surface area contributed by atoms with Gasteiger partial charge in [0, 0.05) is 11.6 Å². The molecule has 0 bridgehead atoms. The van der Waals surface area contributed by atoms with Crippen LogP contribution in [0, 0.1) is 10.1 Å². The van der Waals surface area contributed by atoms with E-state index in [-0.39, 0.29) is 10.7 Å². The van der Waals surface area contributed by atoms with Gasteiger partial charge < -0.3 is 5.11 Å². The molecule has 0 amide bonds. The van der Waals surface area contributed by atoms with Crippen molar-refractivity contribution in [2.45, 2.75) is 0 Å². The van der Waals surface area contributed by atoms with Crippen LogP contribution in [0.4, 0.5) is 11.4 Å². The number of aromatic amines is 1. The van der Waals surface area contributed by atoms with Gasteiger partial charge in [0.25, 0.3) is 5.56 Å². The monoisotopic (exact) mass is 309 g/mol. The highest BCUT2D eigenvalue weighted by Crippen LogP contribution is 2.25. The zero-order chi connectivity index (χ0) is 15.4. The largest absolute Gasteiger partial charge is 0.502 e. The van der Waals surface area contributed by atoms with Gasteiger partial charge in [0.2, 0.25) is 0 Å². The van der Waals surface area contributed by atoms with E-state index >= 15 is 0 Å². The van der Waals surface area contributed by atoms with Crippen LogP contribution in [0.5, 0.6) is 5.75 Å². The van der Waals surface area contributed by atoms with Crippen LogP contribution >= 0.6 is 11.6 Å². The van der Waals surface area contributed by atoms with Crippen molar-refractivity contribution in [2.75, 3.05) is 5.43 Å². The minimum atomic E-state index is -0.711. The number of nitrogens with zero attached hydrogens (tertiary/aromatic N) is 3. The number of nitrogens with one attached hydrogen (secondary N) is 2. The number of aromatic nitrogens is 2. The average molecular weight is 310 g/mol. The summed E-state index contributed by atoms with van der Waals surface area (Å²) < 4.78 is 0. The van der Waals surface area contributed by atoms with Crippen molar-refractivity contribution in [3.05, 3.63) is 55.5 Å². The van der Waals surface area contributed by atoms with Crippen molar-refractivity contribution in [3.8, 4) is 5.75 Å². The maximum absolute atomic E-state index is 11.2. The smallest absolute Gasteiger partial charge is 0.311 e. The minimum absolute atomic E-state index is 0.112. The summed E-state index contributed by atoms with van der Waals surface area (Å²) in [7, 11) is 0. The van der Waals surface area contributed by atoms with E-state index < -0.39 is 21.9 Å². The van der Waals surface area contributed by atoms with E-state index in [2.05, 4.69) is 20.7 Å². The van der Waals surface area contributed by atoms with Crippen molar-refractivity contribution in [2.24, 2.45) is 5.10 Å². The molecule has 0 saturated heterocycles. The topological polar surface area (TPSA) is 134 Å². The lowest BCUT2D eigenvalue weighted by Gasteiger charge is -2.01. The van der Waals surface area contributed by atoms with Crippen molar-refractivity contribution in [3.63, 3.8) is 0 Å². The number of nitro benzene ring substituents is 1. The summed E-state index contributed by atoms with van der Waals surface area (Å²) in [4.78, 5) is 21.1. The van der Waals surface area contributed by atoms with Crippen LogP contribution in [0.1, 0.15) is 5.56 Å². The summed E-state index contributed by atoms with van der Waals surface area (Å²) in [6, 6.07) is 3.77. The Labute approximate surface area is 122 Å². The fourth-order valence-corrected chi connectivity index (χ4v) is 1.54. The predicted molar refractivity (Wildman–Crippen MR) is 75.8 cm³/mol. The molecule has 0 atom stereocenters. The van der Waals surface area contributed by atoms with E-state index in [9.17, 15) is 20.0 Å². The number of H-pyrrole nitrogens is 1. The summed E-state index contributed by atoms with van der Waals surface area (Å²) in [6.07, 6.45) is 2.53. The normalized spacial score (nSPS) is 10.7. The molecular weight excluding hydrogens is 302 g/mol. The van der Waals surface area contributed by atoms with Crippen LogP contribution < -0.4 is 11.0 Å². The lowest BCUT2D eigenvalue weighted by molar-refractivity contribution is -0.385. The van der Waals surface area contributed by atoms with E-state index in [0.29, 0.717) is 5.56 Å². The highest BCUT2D eigenvalue weighted by atomic mass is 35.5. The van der Waals surface area contributed by atoms with Crippen molar-refractivity contribution >= 4 is 29.2 Å². The van der Waals surface area contributed by atoms with Crippen LogP contribution in [0.3, 0.4) is 0 Å². The molecule has 1 aromatic carbocycles. The number of phenols is 1. The molecule has 0 unspecified atom stereocenters. The molecule has 0 aliphatic carbocycles. The molecule has 2 rings (SSSR count). The molecule has 9 nitrogen and oxygen atoms in total. The number of aromatic hydroxyl groups is 1. The molecule has 0 aliphatic heterocycles. The molecule has 0 saturated carbocycles. The number of hydrogen-bond donors (Lipinski definition) is 3. The van der Waals surface area contributed by atoms with Crippen LogP contribution in [-0.2, 0) is 0 Å². The second-order valence-electron chi connectivity index (χ2n) is 3.80. The van der Waals surface area contributed by atoms with Gasteiger partial charge in [-0.05, 0) is 12.1 Å². The molecule has 1 aromatic heterocycles. The van der Waals surface area contributed by atoms with Gasteiger partial charge in [-0.25, -0.2) is 5.10 Å². The second-order valence-corrected chi connectivity index (χ2v) is 4.18. The number of rotatable bonds is 4. The fraction of sp³-hybridized carbons (Fsp3) is 0. The van der Waals surface area contributed by atoms with Crippen LogP contribution in [0.15, 0.2) is 34.3 Å². The van der Waals surface area contributed by atoms with Crippen LogP contribution in [-0.4, -0.2) is 26.4 Å². The Balaban J connectivity index is 2.19. The Morgan fingerprint density at radius 1 is 1.52 bits per heavy atom. The van der Waals surface area contributed by atoms with Gasteiger partial charge in [-0.1, -0.05) is 11.6 Å². The highest BCUT2D eigenvalue weighted by Gasteiger charge is 2.12. The SMILES string of the molecule is O=c1[nH]ncc(NN=Cc2ccc(O)c([N+](=O)[O-])c2)c1Cl. The van der Waals surface area contributed by atoms with Gasteiger partial charge in [0.15, 0.2) is 5.75 Å². The molecule has 108 valence electrons. The molecule has 2 aromatic rings. The van der Waals surface area contributed by atoms with Crippen molar-refractivity contribution in [1.29, 1.82) is 0 Å². The Hall–Kier alpha value is -2.94. The zero-order valence-electron chi connectivity index (χ0n) is 10.3. The summed E-state index contributed by atoms with van der Waals surface area (Å²) in [5.74, 6) is -0.438. The van der Waals surface area contributed by atoms with E-state index in [1.807, 2.05) is 0 Å². The van der Waals surface area contributed by atoms with Crippen molar-refractivity contribution < 1.29 is 10.0 Å². The standard InChI is InChI=1S/C11H8ClN5O4/c12-10-7(5-14-16-11(10)19)15-13-4-6-1-2-9(18)8(3-6)17(20)21/h1-5,18H,(H2,15,16,19). The first kappa shape index (κ1) is 14.5. The Kier molecular flexibility index (Phi) is 4.14. The number of hydrogen-bond acceptors (Lipinski definition) is 7. The first-order valence-electron chi connectivity index (χ1n) is 5.48. The lowest BCUT2D eigenvalue weighted by Crippen LogP contribution is -2.10.